The lowest BCUT2D eigenvalue weighted by atomic mass is 9.72. The van der Waals surface area contributed by atoms with Crippen LogP contribution in [0.5, 0.6) is 0 Å². The van der Waals surface area contributed by atoms with Crippen LogP contribution < -0.4 is 0 Å². The molecule has 0 aromatic carbocycles. The Kier molecular flexibility index (Phi) is 3.76. The second kappa shape index (κ2) is 5.23. The molecule has 106 valence electrons. The Morgan fingerprint density at radius 3 is 2.95 bits per heavy atom. The number of nitrogens with zero attached hydrogens (tertiary/aromatic N) is 2. The summed E-state index contributed by atoms with van der Waals surface area (Å²) < 4.78 is 2.14. The summed E-state index contributed by atoms with van der Waals surface area (Å²) in [5.74, 6) is 1.94. The van der Waals surface area contributed by atoms with Crippen molar-refractivity contribution in [1.82, 2.24) is 9.78 Å². The van der Waals surface area contributed by atoms with Crippen LogP contribution in [-0.2, 0) is 6.42 Å². The highest BCUT2D eigenvalue weighted by atomic mass is 79.9. The predicted molar refractivity (Wildman–Crippen MR) is 82.6 cm³/mol. The summed E-state index contributed by atoms with van der Waals surface area (Å²) in [6.45, 7) is 4.47. The number of hydrogen-bond donors (Lipinski definition) is 0. The van der Waals surface area contributed by atoms with E-state index in [1.54, 1.807) is 0 Å². The fourth-order valence-corrected chi connectivity index (χ4v) is 5.14. The molecule has 0 amide bonds. The van der Waals surface area contributed by atoms with Gasteiger partial charge in [0.25, 0.3) is 0 Å². The molecule has 0 spiro atoms. The van der Waals surface area contributed by atoms with Crippen molar-refractivity contribution in [3.8, 4) is 0 Å². The molecule has 3 rings (SSSR count). The van der Waals surface area contributed by atoms with Crippen LogP contribution in [0.15, 0.2) is 12.3 Å². The quantitative estimate of drug-likeness (QED) is 0.724. The monoisotopic (exact) mass is 324 g/mol. The van der Waals surface area contributed by atoms with Gasteiger partial charge in [-0.25, -0.2) is 0 Å². The van der Waals surface area contributed by atoms with Crippen molar-refractivity contribution in [2.24, 2.45) is 17.3 Å². The second-order valence-electron chi connectivity index (χ2n) is 6.80. The Morgan fingerprint density at radius 2 is 2.37 bits per heavy atom. The number of fused-ring (bicyclic) bond motifs is 2. The maximum absolute atomic E-state index is 4.82. The van der Waals surface area contributed by atoms with Crippen molar-refractivity contribution in [3.05, 3.63) is 18.0 Å². The summed E-state index contributed by atoms with van der Waals surface area (Å²) in [5.41, 5.74) is 1.80. The molecular formula is C16H25BrN2. The number of hydrogen-bond acceptors (Lipinski definition) is 1. The van der Waals surface area contributed by atoms with Gasteiger partial charge >= 0.3 is 0 Å². The van der Waals surface area contributed by atoms with Crippen molar-refractivity contribution in [2.45, 2.75) is 58.4 Å². The van der Waals surface area contributed by atoms with Gasteiger partial charge in [0.1, 0.15) is 0 Å². The van der Waals surface area contributed by atoms with Crippen LogP contribution in [0.3, 0.4) is 0 Å². The van der Waals surface area contributed by atoms with E-state index in [1.165, 1.54) is 37.8 Å². The molecule has 0 saturated heterocycles. The van der Waals surface area contributed by atoms with Crippen LogP contribution in [0.1, 0.15) is 57.7 Å². The highest BCUT2D eigenvalue weighted by Gasteiger charge is 2.50. The molecule has 2 aliphatic carbocycles. The predicted octanol–water partition coefficient (Wildman–Crippen LogP) is 4.60. The standard InChI is InChI=1S/C16H25BrN2/c1-3-12(2)19-7-6-15(18-19)10-16(11-17)9-13-4-5-14(16)8-13/h6-7,12-14H,3-5,8-11H2,1-2H3. The highest BCUT2D eigenvalue weighted by molar-refractivity contribution is 9.09. The molecule has 2 saturated carbocycles. The van der Waals surface area contributed by atoms with E-state index in [4.69, 9.17) is 5.10 Å². The molecule has 2 fully saturated rings. The summed E-state index contributed by atoms with van der Waals surface area (Å²) >= 11 is 3.81. The minimum atomic E-state index is 0.498. The molecule has 4 unspecified atom stereocenters. The van der Waals surface area contributed by atoms with E-state index >= 15 is 0 Å². The van der Waals surface area contributed by atoms with E-state index in [1.807, 2.05) is 0 Å². The van der Waals surface area contributed by atoms with E-state index in [0.29, 0.717) is 11.5 Å². The van der Waals surface area contributed by atoms with Gasteiger partial charge in [0.05, 0.1) is 5.69 Å². The van der Waals surface area contributed by atoms with E-state index in [-0.39, 0.29) is 0 Å². The van der Waals surface area contributed by atoms with E-state index in [9.17, 15) is 0 Å². The maximum atomic E-state index is 4.82. The van der Waals surface area contributed by atoms with Gasteiger partial charge < -0.3 is 0 Å². The van der Waals surface area contributed by atoms with Crippen LogP contribution in [0, 0.1) is 17.3 Å². The summed E-state index contributed by atoms with van der Waals surface area (Å²) in [5, 5.41) is 5.97. The first kappa shape index (κ1) is 13.7. The second-order valence-corrected chi connectivity index (χ2v) is 7.36. The van der Waals surface area contributed by atoms with Crippen molar-refractivity contribution in [2.75, 3.05) is 5.33 Å². The smallest absolute Gasteiger partial charge is 0.0630 e. The molecule has 0 aliphatic heterocycles. The van der Waals surface area contributed by atoms with Crippen LogP contribution in [0.4, 0.5) is 0 Å². The van der Waals surface area contributed by atoms with E-state index < -0.39 is 0 Å². The van der Waals surface area contributed by atoms with E-state index in [0.717, 1.165) is 23.6 Å². The molecule has 2 aliphatic rings. The Morgan fingerprint density at radius 1 is 1.53 bits per heavy atom. The molecule has 3 heteroatoms. The molecular weight excluding hydrogens is 300 g/mol. The SMILES string of the molecule is CCC(C)n1ccc(CC2(CBr)CC3CCC2C3)n1. The number of alkyl halides is 1. The number of halogens is 1. The molecule has 2 nitrogen and oxygen atoms in total. The maximum Gasteiger partial charge on any atom is 0.0630 e. The first-order chi connectivity index (χ1) is 9.16. The van der Waals surface area contributed by atoms with Crippen LogP contribution in [0.2, 0.25) is 0 Å². The molecule has 1 heterocycles. The van der Waals surface area contributed by atoms with Crippen LogP contribution >= 0.6 is 15.9 Å². The number of rotatable bonds is 5. The van der Waals surface area contributed by atoms with Crippen molar-refractivity contribution in [3.63, 3.8) is 0 Å². The van der Waals surface area contributed by atoms with Crippen molar-refractivity contribution in [1.29, 1.82) is 0 Å². The summed E-state index contributed by atoms with van der Waals surface area (Å²) in [4.78, 5) is 0. The summed E-state index contributed by atoms with van der Waals surface area (Å²) in [7, 11) is 0. The molecule has 1 aromatic heterocycles. The molecule has 0 radical (unpaired) electrons. The average molecular weight is 325 g/mol. The van der Waals surface area contributed by atoms with E-state index in [2.05, 4.69) is 46.7 Å². The molecule has 19 heavy (non-hydrogen) atoms. The van der Waals surface area contributed by atoms with Gasteiger partial charge in [0.2, 0.25) is 0 Å². The summed E-state index contributed by atoms with van der Waals surface area (Å²) in [6, 6.07) is 2.76. The third-order valence-corrected chi connectivity index (χ3v) is 6.72. The fourth-order valence-electron chi connectivity index (χ4n) is 4.25. The third kappa shape index (κ3) is 2.39. The zero-order chi connectivity index (χ0) is 13.5. The number of aromatic nitrogens is 2. The minimum Gasteiger partial charge on any atom is -0.270 e. The topological polar surface area (TPSA) is 17.8 Å². The first-order valence-corrected chi connectivity index (χ1v) is 8.89. The van der Waals surface area contributed by atoms with Gasteiger partial charge in [-0.1, -0.05) is 29.3 Å². The zero-order valence-corrected chi connectivity index (χ0v) is 13.7. The minimum absolute atomic E-state index is 0.498. The Bertz CT molecular complexity index is 442. The van der Waals surface area contributed by atoms with Crippen molar-refractivity contribution >= 4 is 15.9 Å². The van der Waals surface area contributed by atoms with Crippen molar-refractivity contribution < 1.29 is 0 Å². The molecule has 2 bridgehead atoms. The van der Waals surface area contributed by atoms with Gasteiger partial charge in [-0.3, -0.25) is 4.68 Å². The summed E-state index contributed by atoms with van der Waals surface area (Å²) in [6.07, 6.45) is 10.3. The lowest BCUT2D eigenvalue weighted by molar-refractivity contribution is 0.194. The van der Waals surface area contributed by atoms with Gasteiger partial charge in [-0.15, -0.1) is 0 Å². The first-order valence-electron chi connectivity index (χ1n) is 7.77. The molecule has 4 atom stereocenters. The molecule has 1 aromatic rings. The Hall–Kier alpha value is -0.310. The Balaban J connectivity index is 1.75. The van der Waals surface area contributed by atoms with Crippen LogP contribution in [-0.4, -0.2) is 15.1 Å². The fraction of sp³-hybridized carbons (Fsp3) is 0.812. The lowest BCUT2D eigenvalue weighted by Gasteiger charge is -2.35. The van der Waals surface area contributed by atoms with Crippen LogP contribution in [0.25, 0.3) is 0 Å². The zero-order valence-electron chi connectivity index (χ0n) is 12.1. The highest BCUT2D eigenvalue weighted by Crippen LogP contribution is 2.57. The van der Waals surface area contributed by atoms with Gasteiger partial charge in [-0.2, -0.15) is 5.10 Å². The average Bonchev–Trinajstić information content (AvgIpc) is 3.13. The van der Waals surface area contributed by atoms with Gasteiger partial charge in [0.15, 0.2) is 0 Å². The largest absolute Gasteiger partial charge is 0.270 e. The Labute approximate surface area is 125 Å². The molecule has 0 N–H and O–H groups in total. The normalized spacial score (nSPS) is 34.9. The lowest BCUT2D eigenvalue weighted by Crippen LogP contribution is -2.32. The van der Waals surface area contributed by atoms with Gasteiger partial charge in [0, 0.05) is 17.6 Å². The van der Waals surface area contributed by atoms with Gasteiger partial charge in [-0.05, 0) is 62.3 Å². The third-order valence-electron chi connectivity index (χ3n) is 5.61.